The first kappa shape index (κ1) is 14.8. The van der Waals surface area contributed by atoms with Gasteiger partial charge in [0.2, 0.25) is 0 Å². The second-order valence-electron chi connectivity index (χ2n) is 4.67. The fourth-order valence-corrected chi connectivity index (χ4v) is 2.65. The van der Waals surface area contributed by atoms with Crippen molar-refractivity contribution >= 4 is 28.3 Å². The highest BCUT2D eigenvalue weighted by Gasteiger charge is 2.09. The van der Waals surface area contributed by atoms with Crippen molar-refractivity contribution in [2.24, 2.45) is 5.92 Å². The van der Waals surface area contributed by atoms with Crippen LogP contribution in [0.25, 0.3) is 0 Å². The molecule has 0 fully saturated rings. The molecule has 0 saturated heterocycles. The number of anilines is 1. The van der Waals surface area contributed by atoms with Crippen molar-refractivity contribution < 1.29 is 0 Å². The third-order valence-corrected chi connectivity index (χ3v) is 4.27. The number of hydrogen-bond acceptors (Lipinski definition) is 1. The molecule has 0 amide bonds. The van der Waals surface area contributed by atoms with Gasteiger partial charge in [-0.1, -0.05) is 68.0 Å². The Balaban J connectivity index is 2.72. The number of para-hydroxylation sites is 1. The van der Waals surface area contributed by atoms with E-state index in [1.54, 1.807) is 0 Å². The van der Waals surface area contributed by atoms with Crippen LogP contribution in [0.4, 0.5) is 5.69 Å². The van der Waals surface area contributed by atoms with Crippen LogP contribution >= 0.6 is 22.6 Å². The second-order valence-corrected chi connectivity index (χ2v) is 5.35. The van der Waals surface area contributed by atoms with Crippen LogP contribution in [0.1, 0.15) is 39.2 Å². The molecular weight excluding hydrogens is 321 g/mol. The molecule has 0 radical (unpaired) electrons. The molecule has 0 N–H and O–H groups in total. The number of alkyl halides is 1. The SMILES string of the molecule is CCc1ccccc1N(CI)CCC(C)CC. The molecule has 0 aliphatic rings. The minimum absolute atomic E-state index is 0.828. The molecule has 0 bridgehead atoms. The summed E-state index contributed by atoms with van der Waals surface area (Å²) in [6.07, 6.45) is 3.69. The summed E-state index contributed by atoms with van der Waals surface area (Å²) in [5.74, 6) is 0.828. The molecule has 1 nitrogen and oxygen atoms in total. The molecule has 0 heterocycles. The van der Waals surface area contributed by atoms with Crippen LogP contribution in [0, 0.1) is 5.92 Å². The maximum absolute atomic E-state index is 2.51. The summed E-state index contributed by atoms with van der Waals surface area (Å²) in [7, 11) is 0. The summed E-state index contributed by atoms with van der Waals surface area (Å²) >= 11 is 2.47. The maximum atomic E-state index is 2.51. The lowest BCUT2D eigenvalue weighted by Gasteiger charge is -2.26. The number of hydrogen-bond donors (Lipinski definition) is 0. The summed E-state index contributed by atoms with van der Waals surface area (Å²) in [4.78, 5) is 2.51. The Bertz CT molecular complexity index is 324. The van der Waals surface area contributed by atoms with E-state index in [9.17, 15) is 0 Å². The zero-order valence-corrected chi connectivity index (χ0v) is 13.4. The monoisotopic (exact) mass is 345 g/mol. The Morgan fingerprint density at radius 2 is 1.94 bits per heavy atom. The predicted molar refractivity (Wildman–Crippen MR) is 86.1 cm³/mol. The van der Waals surface area contributed by atoms with E-state index >= 15 is 0 Å². The standard InChI is InChI=1S/C15H24IN/c1-4-13(3)10-11-17(12-16)15-9-7-6-8-14(15)5-2/h6-9,13H,4-5,10-12H2,1-3H3. The zero-order valence-electron chi connectivity index (χ0n) is 11.2. The molecule has 0 aliphatic carbocycles. The number of nitrogens with zero attached hydrogens (tertiary/aromatic N) is 1. The number of halogens is 1. The van der Waals surface area contributed by atoms with Crippen LogP contribution in [-0.2, 0) is 6.42 Å². The zero-order chi connectivity index (χ0) is 12.7. The Morgan fingerprint density at radius 1 is 1.24 bits per heavy atom. The van der Waals surface area contributed by atoms with Gasteiger partial charge in [-0.25, -0.2) is 0 Å². The fourth-order valence-electron chi connectivity index (χ4n) is 1.94. The smallest absolute Gasteiger partial charge is 0.0699 e. The summed E-state index contributed by atoms with van der Waals surface area (Å²) < 4.78 is 1.07. The number of benzene rings is 1. The van der Waals surface area contributed by atoms with E-state index in [1.807, 2.05) is 0 Å². The molecule has 17 heavy (non-hydrogen) atoms. The van der Waals surface area contributed by atoms with E-state index in [2.05, 4.69) is 72.5 Å². The van der Waals surface area contributed by atoms with Crippen molar-refractivity contribution in [3.63, 3.8) is 0 Å². The van der Waals surface area contributed by atoms with Crippen LogP contribution < -0.4 is 4.90 Å². The van der Waals surface area contributed by atoms with Crippen LogP contribution in [0.15, 0.2) is 24.3 Å². The molecule has 0 saturated carbocycles. The van der Waals surface area contributed by atoms with Gasteiger partial charge in [0.15, 0.2) is 0 Å². The second kappa shape index (κ2) is 7.96. The molecule has 96 valence electrons. The van der Waals surface area contributed by atoms with E-state index in [1.165, 1.54) is 30.6 Å². The topological polar surface area (TPSA) is 3.24 Å². The van der Waals surface area contributed by atoms with Crippen molar-refractivity contribution in [1.82, 2.24) is 0 Å². The normalized spacial score (nSPS) is 12.5. The van der Waals surface area contributed by atoms with Gasteiger partial charge in [0.1, 0.15) is 0 Å². The molecule has 1 aromatic carbocycles. The molecule has 0 aromatic heterocycles. The largest absolute Gasteiger partial charge is 0.362 e. The summed E-state index contributed by atoms with van der Waals surface area (Å²) in [6.45, 7) is 8.03. The lowest BCUT2D eigenvalue weighted by molar-refractivity contribution is 0.517. The minimum Gasteiger partial charge on any atom is -0.362 e. The van der Waals surface area contributed by atoms with Crippen molar-refractivity contribution in [2.45, 2.75) is 40.0 Å². The lowest BCUT2D eigenvalue weighted by Crippen LogP contribution is -2.24. The van der Waals surface area contributed by atoms with E-state index in [4.69, 9.17) is 0 Å². The van der Waals surface area contributed by atoms with Crippen LogP contribution in [0.3, 0.4) is 0 Å². The first-order valence-electron chi connectivity index (χ1n) is 6.61. The Hall–Kier alpha value is -0.250. The average molecular weight is 345 g/mol. The van der Waals surface area contributed by atoms with E-state index in [0.29, 0.717) is 0 Å². The molecule has 2 heteroatoms. The van der Waals surface area contributed by atoms with Gasteiger partial charge < -0.3 is 4.90 Å². The van der Waals surface area contributed by atoms with Gasteiger partial charge in [0.25, 0.3) is 0 Å². The van der Waals surface area contributed by atoms with E-state index in [-0.39, 0.29) is 0 Å². The fraction of sp³-hybridized carbons (Fsp3) is 0.600. The predicted octanol–water partition coefficient (Wildman–Crippen LogP) is 4.88. The Morgan fingerprint density at radius 3 is 2.53 bits per heavy atom. The molecular formula is C15H24IN. The van der Waals surface area contributed by atoms with Crippen LogP contribution in [0.5, 0.6) is 0 Å². The van der Waals surface area contributed by atoms with Crippen molar-refractivity contribution in [1.29, 1.82) is 0 Å². The Kier molecular flexibility index (Phi) is 6.93. The highest BCUT2D eigenvalue weighted by atomic mass is 127. The molecule has 1 atom stereocenters. The van der Waals surface area contributed by atoms with Gasteiger partial charge in [0, 0.05) is 12.2 Å². The third kappa shape index (κ3) is 4.49. The average Bonchev–Trinajstić information content (AvgIpc) is 2.39. The summed E-state index contributed by atoms with van der Waals surface area (Å²) in [5.41, 5.74) is 2.89. The van der Waals surface area contributed by atoms with E-state index < -0.39 is 0 Å². The van der Waals surface area contributed by atoms with Crippen molar-refractivity contribution in [3.05, 3.63) is 29.8 Å². The van der Waals surface area contributed by atoms with Gasteiger partial charge in [-0.3, -0.25) is 0 Å². The summed E-state index contributed by atoms with van der Waals surface area (Å²) in [5, 5.41) is 0. The quantitative estimate of drug-likeness (QED) is 0.387. The molecule has 1 rings (SSSR count). The minimum atomic E-state index is 0.828. The van der Waals surface area contributed by atoms with Gasteiger partial charge in [-0.2, -0.15) is 0 Å². The van der Waals surface area contributed by atoms with Crippen LogP contribution in [0.2, 0.25) is 0 Å². The van der Waals surface area contributed by atoms with Crippen molar-refractivity contribution in [2.75, 3.05) is 16.0 Å². The van der Waals surface area contributed by atoms with Gasteiger partial charge in [-0.15, -0.1) is 0 Å². The lowest BCUT2D eigenvalue weighted by atomic mass is 10.0. The first-order valence-corrected chi connectivity index (χ1v) is 8.14. The molecule has 1 aromatic rings. The third-order valence-electron chi connectivity index (χ3n) is 3.45. The molecule has 1 unspecified atom stereocenters. The highest BCUT2D eigenvalue weighted by molar-refractivity contribution is 14.1. The van der Waals surface area contributed by atoms with Gasteiger partial charge in [0.05, 0.1) is 4.55 Å². The molecule has 0 spiro atoms. The summed E-state index contributed by atoms with van der Waals surface area (Å²) in [6, 6.07) is 8.80. The van der Waals surface area contributed by atoms with Gasteiger partial charge >= 0.3 is 0 Å². The van der Waals surface area contributed by atoms with E-state index in [0.717, 1.165) is 16.9 Å². The molecule has 0 aliphatic heterocycles. The number of aryl methyl sites for hydroxylation is 1. The van der Waals surface area contributed by atoms with Crippen LogP contribution in [-0.4, -0.2) is 11.1 Å². The Labute approximate surface area is 120 Å². The maximum Gasteiger partial charge on any atom is 0.0699 e. The first-order chi connectivity index (χ1) is 8.22. The van der Waals surface area contributed by atoms with Crippen molar-refractivity contribution in [3.8, 4) is 0 Å². The van der Waals surface area contributed by atoms with Gasteiger partial charge in [-0.05, 0) is 30.4 Å². The highest BCUT2D eigenvalue weighted by Crippen LogP contribution is 2.23. The number of rotatable bonds is 7.